The number of rotatable bonds is 1. The van der Waals surface area contributed by atoms with Crippen molar-refractivity contribution in [3.8, 4) is 0 Å². The Bertz CT molecular complexity index is 783. The summed E-state index contributed by atoms with van der Waals surface area (Å²) < 4.78 is 16.6. The highest BCUT2D eigenvalue weighted by atomic mass is 19.1. The zero-order valence-corrected chi connectivity index (χ0v) is 15.4. The minimum absolute atomic E-state index is 0.0450. The highest BCUT2D eigenvalue weighted by molar-refractivity contribution is 6.02. The maximum Gasteiger partial charge on any atom is 0.307 e. The summed E-state index contributed by atoms with van der Waals surface area (Å²) >= 11 is 0. The van der Waals surface area contributed by atoms with Crippen molar-refractivity contribution in [2.45, 2.75) is 52.1 Å². The molecule has 0 unspecified atom stereocenters. The molecule has 5 heteroatoms. The van der Waals surface area contributed by atoms with E-state index in [-0.39, 0.29) is 24.0 Å². The van der Waals surface area contributed by atoms with Gasteiger partial charge in [0.1, 0.15) is 0 Å². The molecule has 0 aromatic heterocycles. The van der Waals surface area contributed by atoms with E-state index in [1.807, 2.05) is 13.8 Å². The molecule has 4 aliphatic rings. The first-order chi connectivity index (χ1) is 12.1. The summed E-state index contributed by atoms with van der Waals surface area (Å²) in [5.41, 5.74) is -3.17. The normalized spacial score (nSPS) is 49.9. The van der Waals surface area contributed by atoms with Gasteiger partial charge in [-0.2, -0.15) is 0 Å². The van der Waals surface area contributed by atoms with E-state index in [1.54, 1.807) is 13.0 Å². The number of carbonyl (C=O) groups excluding carboxylic acids is 2. The average molecular weight is 360 g/mol. The first kappa shape index (κ1) is 17.6. The molecule has 0 aliphatic heterocycles. The zero-order chi connectivity index (χ0) is 19.1. The number of hydrogen-bond donors (Lipinski definition) is 1. The lowest BCUT2D eigenvalue weighted by Crippen LogP contribution is -2.65. The van der Waals surface area contributed by atoms with Gasteiger partial charge in [0, 0.05) is 17.8 Å². The molecule has 0 radical (unpaired) electrons. The second-order valence-corrected chi connectivity index (χ2v) is 9.21. The summed E-state index contributed by atoms with van der Waals surface area (Å²) in [5, 5.41) is 9.74. The summed E-state index contributed by atoms with van der Waals surface area (Å²) in [6, 6.07) is 0. The Morgan fingerprint density at radius 1 is 1.27 bits per heavy atom. The van der Waals surface area contributed by atoms with Crippen LogP contribution in [0.5, 0.6) is 0 Å². The van der Waals surface area contributed by atoms with E-state index in [9.17, 15) is 19.5 Å². The van der Waals surface area contributed by atoms with Crippen LogP contribution in [0.1, 0.15) is 46.5 Å². The standard InChI is InChI=1S/C21H25FO4/c1-11-8-15-14-5-4-12-9-13(23)6-7-20(12,3)21(14,22)16(24)10-19(15,2)17(11)18(25)26/h6-7,9,11,14-15,17H,4-5,8,10H2,1-3H3,(H,25,26)/t11-,14+,15+,17-,19+,20+,21+/m1/s1. The van der Waals surface area contributed by atoms with Gasteiger partial charge >= 0.3 is 5.97 Å². The molecule has 0 saturated heterocycles. The molecule has 0 heterocycles. The summed E-state index contributed by atoms with van der Waals surface area (Å²) in [4.78, 5) is 36.8. The number of hydrogen-bond acceptors (Lipinski definition) is 3. The van der Waals surface area contributed by atoms with Gasteiger partial charge in [-0.3, -0.25) is 14.4 Å². The number of allylic oxidation sites excluding steroid dienone is 4. The number of aliphatic carboxylic acids is 1. The number of carbonyl (C=O) groups is 3. The van der Waals surface area contributed by atoms with E-state index < -0.39 is 40.1 Å². The topological polar surface area (TPSA) is 71.4 Å². The van der Waals surface area contributed by atoms with Crippen molar-refractivity contribution in [3.63, 3.8) is 0 Å². The highest BCUT2D eigenvalue weighted by Crippen LogP contribution is 2.68. The molecule has 0 spiro atoms. The molecular weight excluding hydrogens is 335 g/mol. The number of fused-ring (bicyclic) bond motifs is 5. The van der Waals surface area contributed by atoms with E-state index in [1.165, 1.54) is 12.2 Å². The molecule has 4 rings (SSSR count). The van der Waals surface area contributed by atoms with Crippen molar-refractivity contribution < 1.29 is 23.9 Å². The molecule has 7 atom stereocenters. The van der Waals surface area contributed by atoms with Crippen molar-refractivity contribution in [1.29, 1.82) is 0 Å². The lowest BCUT2D eigenvalue weighted by Gasteiger charge is -2.58. The molecule has 1 N–H and O–H groups in total. The van der Waals surface area contributed by atoms with Gasteiger partial charge in [0.05, 0.1) is 5.92 Å². The molecular formula is C21H25FO4. The van der Waals surface area contributed by atoms with Gasteiger partial charge in [-0.25, -0.2) is 4.39 Å². The second-order valence-electron chi connectivity index (χ2n) is 9.21. The first-order valence-electron chi connectivity index (χ1n) is 9.45. The predicted octanol–water partition coefficient (Wildman–Crippen LogP) is 3.51. The number of ketones is 2. The molecule has 140 valence electrons. The number of carboxylic acids is 1. The lowest BCUT2D eigenvalue weighted by molar-refractivity contribution is -0.170. The fourth-order valence-corrected chi connectivity index (χ4v) is 6.83. The van der Waals surface area contributed by atoms with Crippen molar-refractivity contribution in [3.05, 3.63) is 23.8 Å². The molecule has 0 aromatic carbocycles. The number of alkyl halides is 1. The van der Waals surface area contributed by atoms with Gasteiger partial charge in [0.15, 0.2) is 17.2 Å². The van der Waals surface area contributed by atoms with Crippen molar-refractivity contribution >= 4 is 17.5 Å². The van der Waals surface area contributed by atoms with Crippen molar-refractivity contribution in [1.82, 2.24) is 0 Å². The molecule has 0 amide bonds. The fraction of sp³-hybridized carbons (Fsp3) is 0.667. The molecule has 4 aliphatic carbocycles. The summed E-state index contributed by atoms with van der Waals surface area (Å²) in [7, 11) is 0. The lowest BCUT2D eigenvalue weighted by atomic mass is 9.46. The van der Waals surface area contributed by atoms with Crippen LogP contribution < -0.4 is 0 Å². The van der Waals surface area contributed by atoms with Crippen LogP contribution >= 0.6 is 0 Å². The van der Waals surface area contributed by atoms with Crippen LogP contribution in [0, 0.1) is 34.5 Å². The Kier molecular flexibility index (Phi) is 3.49. The minimum atomic E-state index is -2.06. The van der Waals surface area contributed by atoms with E-state index >= 15 is 4.39 Å². The Morgan fingerprint density at radius 2 is 1.96 bits per heavy atom. The van der Waals surface area contributed by atoms with Gasteiger partial charge in [-0.05, 0) is 55.6 Å². The Hall–Kier alpha value is -1.78. The summed E-state index contributed by atoms with van der Waals surface area (Å²) in [5.74, 6) is -2.86. The van der Waals surface area contributed by atoms with E-state index in [0.29, 0.717) is 24.8 Å². The highest BCUT2D eigenvalue weighted by Gasteiger charge is 2.72. The van der Waals surface area contributed by atoms with Crippen LogP contribution in [0.15, 0.2) is 23.8 Å². The molecule has 4 nitrogen and oxygen atoms in total. The molecule has 26 heavy (non-hydrogen) atoms. The van der Waals surface area contributed by atoms with Crippen molar-refractivity contribution in [2.24, 2.45) is 34.5 Å². The molecule has 0 aromatic rings. The van der Waals surface area contributed by atoms with Gasteiger partial charge in [0.25, 0.3) is 0 Å². The van der Waals surface area contributed by atoms with E-state index in [2.05, 4.69) is 0 Å². The van der Waals surface area contributed by atoms with E-state index in [4.69, 9.17) is 0 Å². The third kappa shape index (κ3) is 1.87. The number of Topliss-reactive ketones (excluding diaryl/α,β-unsaturated/α-hetero) is 1. The zero-order valence-electron chi connectivity index (χ0n) is 15.4. The summed E-state index contributed by atoms with van der Waals surface area (Å²) in [6.07, 6.45) is 6.08. The maximum atomic E-state index is 16.6. The Balaban J connectivity index is 1.84. The van der Waals surface area contributed by atoms with Gasteiger partial charge in [-0.1, -0.05) is 25.5 Å². The largest absolute Gasteiger partial charge is 0.481 e. The number of carboxylic acid groups (broad SMARTS) is 1. The first-order valence-corrected chi connectivity index (χ1v) is 9.45. The molecule has 3 saturated carbocycles. The number of halogens is 1. The molecule has 3 fully saturated rings. The third-order valence-electron chi connectivity index (χ3n) is 8.01. The van der Waals surface area contributed by atoms with Crippen LogP contribution in [0.4, 0.5) is 4.39 Å². The van der Waals surface area contributed by atoms with Crippen LogP contribution in [0.2, 0.25) is 0 Å². The van der Waals surface area contributed by atoms with Crippen LogP contribution in [-0.4, -0.2) is 28.3 Å². The van der Waals surface area contributed by atoms with Crippen LogP contribution in [-0.2, 0) is 14.4 Å². The van der Waals surface area contributed by atoms with Gasteiger partial charge in [-0.15, -0.1) is 0 Å². The monoisotopic (exact) mass is 360 g/mol. The average Bonchev–Trinajstić information content (AvgIpc) is 2.80. The van der Waals surface area contributed by atoms with Crippen LogP contribution in [0.3, 0.4) is 0 Å². The quantitative estimate of drug-likeness (QED) is 0.777. The fourth-order valence-electron chi connectivity index (χ4n) is 6.83. The third-order valence-corrected chi connectivity index (χ3v) is 8.01. The smallest absolute Gasteiger partial charge is 0.307 e. The molecule has 0 bridgehead atoms. The van der Waals surface area contributed by atoms with Crippen molar-refractivity contribution in [2.75, 3.05) is 0 Å². The SMILES string of the molecule is C[C@@H]1C[C@H]2[C@@H]3CCC4=CC(=O)C=C[C@]4(C)[C@@]3(F)C(=O)C[C@]2(C)[C@H]1C(=O)O. The predicted molar refractivity (Wildman–Crippen MR) is 93.0 cm³/mol. The maximum absolute atomic E-state index is 16.6. The Morgan fingerprint density at radius 3 is 2.62 bits per heavy atom. The Labute approximate surface area is 152 Å². The van der Waals surface area contributed by atoms with Gasteiger partial charge < -0.3 is 5.11 Å². The van der Waals surface area contributed by atoms with E-state index in [0.717, 1.165) is 0 Å². The van der Waals surface area contributed by atoms with Gasteiger partial charge in [0.2, 0.25) is 0 Å². The summed E-state index contributed by atoms with van der Waals surface area (Å²) in [6.45, 7) is 5.49. The van der Waals surface area contributed by atoms with Crippen LogP contribution in [0.25, 0.3) is 0 Å². The second kappa shape index (κ2) is 5.14. The minimum Gasteiger partial charge on any atom is -0.481 e.